The lowest BCUT2D eigenvalue weighted by atomic mass is 10.0. The van der Waals surface area contributed by atoms with Crippen molar-refractivity contribution in [3.63, 3.8) is 0 Å². The Hall–Kier alpha value is -0.380. The normalized spacial score (nSPS) is 11.2. The van der Waals surface area contributed by atoms with Crippen molar-refractivity contribution < 1.29 is 24.1 Å². The SMILES string of the molecule is CCCCCCCCCCCCCCCCCC(=O)NCCCN(C)C.CCCCCCCCCOOOOSCCCCCCCCC. The van der Waals surface area contributed by atoms with Gasteiger partial charge in [-0.25, -0.2) is 4.89 Å². The standard InChI is InChI=1S/C23H48N2O.C18H38O4S/c1-4-5-6-7-8-9-10-11-12-13-14-15-16-17-18-20-23(26)24-21-19-22-25(2)3;1-3-5-7-9-11-13-15-17-19-20-21-22-23-18-16-14-12-10-8-6-4-2/h4-22H2,1-3H3,(H,24,26);3-18H2,1-2H3. The molecule has 0 radical (unpaired) electrons. The fourth-order valence-corrected chi connectivity index (χ4v) is 6.18. The van der Waals surface area contributed by atoms with E-state index < -0.39 is 0 Å². The Labute approximate surface area is 310 Å². The van der Waals surface area contributed by atoms with E-state index >= 15 is 0 Å². The van der Waals surface area contributed by atoms with Crippen molar-refractivity contribution in [3.05, 3.63) is 0 Å². The van der Waals surface area contributed by atoms with Gasteiger partial charge < -0.3 is 10.2 Å². The van der Waals surface area contributed by atoms with Gasteiger partial charge in [0, 0.05) is 30.8 Å². The minimum atomic E-state index is 0.235. The summed E-state index contributed by atoms with van der Waals surface area (Å²) in [7, 11) is 4.13. The van der Waals surface area contributed by atoms with E-state index in [2.05, 4.69) is 55.2 Å². The number of hydrogen-bond donors (Lipinski definition) is 1. The van der Waals surface area contributed by atoms with Crippen LogP contribution in [0.3, 0.4) is 0 Å². The lowest BCUT2D eigenvalue weighted by Gasteiger charge is -2.09. The van der Waals surface area contributed by atoms with Crippen LogP contribution in [0.5, 0.6) is 0 Å². The van der Waals surface area contributed by atoms with Crippen LogP contribution in [-0.2, 0) is 24.1 Å². The molecule has 0 aliphatic rings. The highest BCUT2D eigenvalue weighted by Crippen LogP contribution is 2.14. The number of amides is 1. The van der Waals surface area contributed by atoms with Crippen LogP contribution in [0.15, 0.2) is 0 Å². The Balaban J connectivity index is 0. The summed E-state index contributed by atoms with van der Waals surface area (Å²) in [6.45, 7) is 9.18. The molecule has 49 heavy (non-hydrogen) atoms. The Morgan fingerprint density at radius 2 is 0.918 bits per heavy atom. The minimum absolute atomic E-state index is 0.235. The molecule has 0 unspecified atom stereocenters. The summed E-state index contributed by atoms with van der Waals surface area (Å²) in [5, 5.41) is 12.0. The molecule has 0 spiro atoms. The number of hydrogen-bond acceptors (Lipinski definition) is 7. The van der Waals surface area contributed by atoms with Crippen LogP contribution in [-0.4, -0.2) is 50.4 Å². The van der Waals surface area contributed by atoms with Crippen LogP contribution in [0, 0.1) is 0 Å². The van der Waals surface area contributed by atoms with Gasteiger partial charge in [0.25, 0.3) is 0 Å². The summed E-state index contributed by atoms with van der Waals surface area (Å²) in [6.07, 6.45) is 40.2. The quantitative estimate of drug-likeness (QED) is 0.0293. The van der Waals surface area contributed by atoms with Gasteiger partial charge >= 0.3 is 0 Å². The first kappa shape index (κ1) is 50.7. The van der Waals surface area contributed by atoms with Crippen LogP contribution in [0.25, 0.3) is 0 Å². The van der Waals surface area contributed by atoms with Crippen molar-refractivity contribution in [1.29, 1.82) is 0 Å². The van der Waals surface area contributed by atoms with Gasteiger partial charge in [0.15, 0.2) is 0 Å². The first-order chi connectivity index (χ1) is 24.1. The van der Waals surface area contributed by atoms with E-state index in [1.54, 1.807) is 0 Å². The lowest BCUT2D eigenvalue weighted by Crippen LogP contribution is -2.26. The molecule has 1 N–H and O–H groups in total. The molecule has 296 valence electrons. The van der Waals surface area contributed by atoms with Crippen LogP contribution in [0.2, 0.25) is 0 Å². The highest BCUT2D eigenvalue weighted by molar-refractivity contribution is 7.94. The van der Waals surface area contributed by atoms with Crippen LogP contribution < -0.4 is 5.32 Å². The number of carbonyl (C=O) groups is 1. The van der Waals surface area contributed by atoms with Crippen molar-refractivity contribution in [1.82, 2.24) is 10.2 Å². The smallest absolute Gasteiger partial charge is 0.219 e. The Morgan fingerprint density at radius 1 is 0.510 bits per heavy atom. The van der Waals surface area contributed by atoms with Crippen molar-refractivity contribution in [2.75, 3.05) is 39.5 Å². The zero-order valence-corrected chi connectivity index (χ0v) is 34.5. The zero-order valence-electron chi connectivity index (χ0n) is 33.6. The van der Waals surface area contributed by atoms with Crippen LogP contribution in [0.4, 0.5) is 0 Å². The van der Waals surface area contributed by atoms with Crippen molar-refractivity contribution in [2.45, 2.75) is 220 Å². The van der Waals surface area contributed by atoms with E-state index in [1.807, 2.05) is 0 Å². The molecule has 7 nitrogen and oxygen atoms in total. The largest absolute Gasteiger partial charge is 0.356 e. The summed E-state index contributed by atoms with van der Waals surface area (Å²) < 4.78 is 4.82. The molecule has 0 aromatic rings. The van der Waals surface area contributed by atoms with Gasteiger partial charge in [0.05, 0.1) is 6.61 Å². The van der Waals surface area contributed by atoms with Gasteiger partial charge in [-0.3, -0.25) is 4.79 Å². The number of nitrogens with one attached hydrogen (secondary N) is 1. The Kier molecular flexibility index (Phi) is 49.3. The summed E-state index contributed by atoms with van der Waals surface area (Å²) >= 11 is 1.27. The molecule has 0 heterocycles. The molecule has 0 aliphatic heterocycles. The topological polar surface area (TPSA) is 69.3 Å². The van der Waals surface area contributed by atoms with Crippen molar-refractivity contribution in [3.8, 4) is 0 Å². The van der Waals surface area contributed by atoms with E-state index in [1.165, 1.54) is 179 Å². The van der Waals surface area contributed by atoms with Gasteiger partial charge in [-0.15, -0.1) is 4.33 Å². The van der Waals surface area contributed by atoms with Crippen LogP contribution in [0.1, 0.15) is 220 Å². The maximum absolute atomic E-state index is 11.7. The zero-order chi connectivity index (χ0) is 36.1. The van der Waals surface area contributed by atoms with Gasteiger partial charge in [-0.05, 0) is 56.4 Å². The first-order valence-corrected chi connectivity index (χ1v) is 22.1. The number of carbonyl (C=O) groups excluding carboxylic acids is 1. The minimum Gasteiger partial charge on any atom is -0.356 e. The molecule has 0 saturated heterocycles. The third kappa shape index (κ3) is 52.1. The summed E-state index contributed by atoms with van der Waals surface area (Å²) in [5.74, 6) is 1.16. The molecule has 0 aromatic carbocycles. The number of unbranched alkanes of at least 4 members (excludes halogenated alkanes) is 26. The molecular formula is C41H86N2O5S. The molecule has 0 saturated carbocycles. The average Bonchev–Trinajstić information content (AvgIpc) is 3.09. The maximum Gasteiger partial charge on any atom is 0.219 e. The van der Waals surface area contributed by atoms with Gasteiger partial charge in [-0.1, -0.05) is 188 Å². The van der Waals surface area contributed by atoms with E-state index in [4.69, 9.17) is 9.22 Å². The third-order valence-corrected chi connectivity index (χ3v) is 9.53. The third-order valence-electron chi connectivity index (χ3n) is 8.93. The molecular weight excluding hydrogens is 633 g/mol. The number of rotatable bonds is 40. The fraction of sp³-hybridized carbons (Fsp3) is 0.976. The predicted octanol–water partition coefficient (Wildman–Crippen LogP) is 13.3. The molecule has 0 aromatic heterocycles. The fourth-order valence-electron chi connectivity index (χ4n) is 5.72. The summed E-state index contributed by atoms with van der Waals surface area (Å²) in [6, 6.07) is 0. The van der Waals surface area contributed by atoms with Gasteiger partial charge in [0.1, 0.15) is 0 Å². The van der Waals surface area contributed by atoms with Crippen molar-refractivity contribution >= 4 is 17.9 Å². The van der Waals surface area contributed by atoms with Gasteiger partial charge in [-0.2, -0.15) is 0 Å². The molecule has 0 fully saturated rings. The summed E-state index contributed by atoms with van der Waals surface area (Å²) in [4.78, 5) is 18.7. The molecule has 0 rings (SSSR count). The van der Waals surface area contributed by atoms with E-state index in [9.17, 15) is 4.79 Å². The lowest BCUT2D eigenvalue weighted by molar-refractivity contribution is -0.604. The Morgan fingerprint density at radius 3 is 1.37 bits per heavy atom. The molecule has 8 heteroatoms. The molecule has 0 aliphatic carbocycles. The van der Waals surface area contributed by atoms with Crippen molar-refractivity contribution in [2.24, 2.45) is 0 Å². The van der Waals surface area contributed by atoms with Crippen LogP contribution >= 0.6 is 12.0 Å². The van der Waals surface area contributed by atoms with Gasteiger partial charge in [0.2, 0.25) is 5.91 Å². The molecule has 0 atom stereocenters. The predicted molar refractivity (Wildman–Crippen MR) is 213 cm³/mol. The molecule has 1 amide bonds. The Bertz CT molecular complexity index is 580. The monoisotopic (exact) mass is 719 g/mol. The first-order valence-electron chi connectivity index (χ1n) is 21.2. The molecule has 0 bridgehead atoms. The van der Waals surface area contributed by atoms with E-state index in [0.29, 0.717) is 13.0 Å². The maximum atomic E-state index is 11.7. The highest BCUT2D eigenvalue weighted by Gasteiger charge is 2.01. The second-order valence-corrected chi connectivity index (χ2v) is 15.1. The van der Waals surface area contributed by atoms with E-state index in [0.717, 1.165) is 44.5 Å². The second-order valence-electron chi connectivity index (χ2n) is 14.3. The number of nitrogens with zero attached hydrogens (tertiary/aromatic N) is 1. The summed E-state index contributed by atoms with van der Waals surface area (Å²) in [5.41, 5.74) is 0. The highest BCUT2D eigenvalue weighted by atomic mass is 32.2. The second kappa shape index (κ2) is 47.6. The van der Waals surface area contributed by atoms with E-state index in [-0.39, 0.29) is 5.91 Å². The average molecular weight is 719 g/mol.